The van der Waals surface area contributed by atoms with Crippen LogP contribution in [0.5, 0.6) is 0 Å². The minimum absolute atomic E-state index is 0.539. The number of benzene rings is 20. The number of hydrogen-bond acceptors (Lipinski definition) is 6. The molecular weight excluding hydrogens is 1570 g/mol. The largest absolute Gasteiger partial charge is 0.455 e. The Morgan fingerprint density at radius 1 is 0.188 bits per heavy atom. The van der Waals surface area contributed by atoms with Gasteiger partial charge in [0.25, 0.3) is 0 Å². The van der Waals surface area contributed by atoms with E-state index in [4.69, 9.17) is 13.3 Å². The van der Waals surface area contributed by atoms with Gasteiger partial charge in [-0.1, -0.05) is 388 Å². The van der Waals surface area contributed by atoms with Gasteiger partial charge in [0, 0.05) is 103 Å². The molecule has 0 atom stereocenters. The fourth-order valence-corrected chi connectivity index (χ4v) is 22.5. The van der Waals surface area contributed by atoms with Crippen LogP contribution in [0.25, 0.3) is 153 Å². The van der Waals surface area contributed by atoms with E-state index in [0.29, 0.717) is 0 Å². The second kappa shape index (κ2) is 30.3. The van der Waals surface area contributed by atoms with Crippen LogP contribution >= 0.6 is 11.3 Å². The Labute approximate surface area is 744 Å². The summed E-state index contributed by atoms with van der Waals surface area (Å²) in [5.74, 6) is 0. The van der Waals surface area contributed by atoms with Crippen LogP contribution < -0.4 is 9.80 Å². The lowest BCUT2D eigenvalue weighted by atomic mass is 9.67. The molecule has 128 heavy (non-hydrogen) atoms. The topological polar surface area (TPSA) is 45.9 Å². The van der Waals surface area contributed by atoms with Gasteiger partial charge in [-0.2, -0.15) is 0 Å². The van der Waals surface area contributed by atoms with Crippen LogP contribution in [0.15, 0.2) is 486 Å². The highest BCUT2D eigenvalue weighted by molar-refractivity contribution is 7.26. The van der Waals surface area contributed by atoms with Crippen LogP contribution in [-0.4, -0.2) is 0 Å². The molecular formula is C122H78N2O3S. The van der Waals surface area contributed by atoms with Crippen LogP contribution in [0.3, 0.4) is 0 Å². The minimum atomic E-state index is -0.551. The van der Waals surface area contributed by atoms with E-state index in [1.165, 1.54) is 98.1 Å². The average Bonchev–Trinajstić information content (AvgIpc) is 1.54. The smallest absolute Gasteiger partial charge is 0.143 e. The van der Waals surface area contributed by atoms with Crippen molar-refractivity contribution in [2.75, 3.05) is 9.80 Å². The minimum Gasteiger partial charge on any atom is -0.455 e. The number of furan rings is 3. The predicted molar refractivity (Wildman–Crippen MR) is 533 cm³/mol. The van der Waals surface area contributed by atoms with Crippen LogP contribution in [-0.2, 0) is 10.8 Å². The van der Waals surface area contributed by atoms with Gasteiger partial charge < -0.3 is 23.1 Å². The third-order valence-electron chi connectivity index (χ3n) is 26.8. The quantitative estimate of drug-likeness (QED) is 0.109. The first kappa shape index (κ1) is 74.3. The van der Waals surface area contributed by atoms with E-state index < -0.39 is 10.8 Å². The zero-order chi connectivity index (χ0) is 84.4. The summed E-state index contributed by atoms with van der Waals surface area (Å²) in [4.78, 5) is 4.87. The number of anilines is 6. The summed E-state index contributed by atoms with van der Waals surface area (Å²) >= 11 is 1.87. The maximum Gasteiger partial charge on any atom is 0.143 e. The van der Waals surface area contributed by atoms with Crippen molar-refractivity contribution in [3.8, 4) is 66.8 Å². The van der Waals surface area contributed by atoms with Gasteiger partial charge in [0.2, 0.25) is 0 Å². The Kier molecular flexibility index (Phi) is 17.6. The second-order valence-electron chi connectivity index (χ2n) is 33.4. The highest BCUT2D eigenvalue weighted by Crippen LogP contribution is 2.61. The first-order valence-corrected chi connectivity index (χ1v) is 44.6. The van der Waals surface area contributed by atoms with Crippen LogP contribution in [0.4, 0.5) is 34.1 Å². The van der Waals surface area contributed by atoms with E-state index in [1.54, 1.807) is 0 Å². The summed E-state index contributed by atoms with van der Waals surface area (Å²) in [5.41, 5.74) is 34.5. The molecule has 0 amide bonds. The lowest BCUT2D eigenvalue weighted by Crippen LogP contribution is -2.28. The van der Waals surface area contributed by atoms with Crippen LogP contribution in [0.1, 0.15) is 44.5 Å². The first-order valence-electron chi connectivity index (χ1n) is 43.8. The van der Waals surface area contributed by atoms with Crippen molar-refractivity contribution in [2.45, 2.75) is 10.8 Å². The molecule has 0 bridgehead atoms. The number of para-hydroxylation sites is 8. The Morgan fingerprint density at radius 3 is 0.914 bits per heavy atom. The molecule has 5 nitrogen and oxygen atoms in total. The van der Waals surface area contributed by atoms with E-state index >= 15 is 0 Å². The molecule has 24 aromatic rings. The van der Waals surface area contributed by atoms with E-state index in [2.05, 4.69) is 459 Å². The Hall–Kier alpha value is -16.4. The molecule has 0 saturated carbocycles. The van der Waals surface area contributed by atoms with Crippen molar-refractivity contribution >= 4 is 131 Å². The van der Waals surface area contributed by atoms with E-state index in [-0.39, 0.29) is 0 Å². The number of nitrogens with zero attached hydrogens (tertiary/aromatic N) is 2. The van der Waals surface area contributed by atoms with Gasteiger partial charge in [0.15, 0.2) is 0 Å². The standard InChI is InChI=1S/C61H39NO2.C61H39NOS/c1-3-17-41(18-4-1)61(42-19-5-2-6-20-42)54-29-11-7-21-46(54)47-38-37-44(39-55(47)61)62(43-35-33-40(34-36-43)45-25-15-27-52-49-23-9-13-31-57(49)63-59(45)52)56-30-12-8-22-48(56)51-26-16-28-53-50-24-10-14-32-58(50)64-60(51)53;1-3-17-41(18-4-1)61(42-19-5-2-6-20-42)54-29-11-7-21-46(54)47-38-37-44(39-55(47)61)62(43-35-33-40(34-36-43)45-25-15-28-53-50-24-10-14-32-58(50)64-60(45)53)56-30-12-8-22-48(56)51-26-16-27-52-49-23-9-13-31-57(49)63-59(51)52/h2*1-39H. The first-order chi connectivity index (χ1) is 63.5. The van der Waals surface area contributed by atoms with E-state index in [1.807, 2.05) is 35.6 Å². The molecule has 4 aromatic heterocycles. The van der Waals surface area contributed by atoms with Gasteiger partial charge in [0.05, 0.1) is 22.2 Å². The SMILES string of the molecule is c1ccc(C2(c3ccccc3)c3ccccc3-c3ccc(N(c4ccc(-c5cccc6c5oc5ccccc56)cc4)c4ccccc4-c4cccc5c4oc4ccccc45)cc32)cc1.c1ccc(C2(c3ccccc3)c3ccccc3-c3ccc(N(c4ccc(-c5cccc6c5sc5ccccc56)cc4)c4ccccc4-c4cccc5c4oc4ccccc45)cc32)cc1. The van der Waals surface area contributed by atoms with Crippen molar-refractivity contribution in [2.24, 2.45) is 0 Å². The highest BCUT2D eigenvalue weighted by atomic mass is 32.1. The normalized spacial score (nSPS) is 12.8. The summed E-state index contributed by atoms with van der Waals surface area (Å²) in [6.45, 7) is 0. The third-order valence-corrected chi connectivity index (χ3v) is 28.0. The molecule has 4 heterocycles. The second-order valence-corrected chi connectivity index (χ2v) is 34.5. The van der Waals surface area contributed by atoms with Crippen LogP contribution in [0.2, 0.25) is 0 Å². The third kappa shape index (κ3) is 11.6. The van der Waals surface area contributed by atoms with Gasteiger partial charge >= 0.3 is 0 Å². The number of hydrogen-bond donors (Lipinski definition) is 0. The molecule has 2 aliphatic carbocycles. The molecule has 0 fully saturated rings. The molecule has 0 N–H and O–H groups in total. The summed E-state index contributed by atoms with van der Waals surface area (Å²) < 4.78 is 22.6. The van der Waals surface area contributed by atoms with E-state index in [0.717, 1.165) is 133 Å². The van der Waals surface area contributed by atoms with E-state index in [9.17, 15) is 0 Å². The molecule has 0 aliphatic heterocycles. The molecule has 0 saturated heterocycles. The Balaban J connectivity index is 0.000000139. The van der Waals surface area contributed by atoms with Gasteiger partial charge in [-0.15, -0.1) is 11.3 Å². The zero-order valence-corrected chi connectivity index (χ0v) is 70.4. The summed E-state index contributed by atoms with van der Waals surface area (Å²) in [6.07, 6.45) is 0. The lowest BCUT2D eigenvalue weighted by molar-refractivity contribution is 0.669. The maximum absolute atomic E-state index is 6.71. The summed E-state index contributed by atoms with van der Waals surface area (Å²) in [6, 6.07) is 172. The summed E-state index contributed by atoms with van der Waals surface area (Å²) in [7, 11) is 0. The van der Waals surface area contributed by atoms with Gasteiger partial charge in [-0.05, 0) is 168 Å². The molecule has 0 unspecified atom stereocenters. The fraction of sp³-hybridized carbons (Fsp3) is 0.0164. The van der Waals surface area contributed by atoms with Crippen LogP contribution in [0, 0.1) is 0 Å². The molecule has 0 spiro atoms. The zero-order valence-electron chi connectivity index (χ0n) is 69.6. The van der Waals surface area contributed by atoms with Crippen molar-refractivity contribution < 1.29 is 13.3 Å². The predicted octanol–water partition coefficient (Wildman–Crippen LogP) is 33.8. The average molecular weight is 1650 g/mol. The molecule has 600 valence electrons. The number of rotatable bonds is 14. The molecule has 20 aromatic carbocycles. The fourth-order valence-electron chi connectivity index (χ4n) is 21.2. The summed E-state index contributed by atoms with van der Waals surface area (Å²) in [5, 5.41) is 9.30. The maximum atomic E-state index is 6.71. The highest BCUT2D eigenvalue weighted by Gasteiger charge is 2.48. The number of fused-ring (bicyclic) bond motifs is 18. The Morgan fingerprint density at radius 2 is 0.484 bits per heavy atom. The van der Waals surface area contributed by atoms with Crippen molar-refractivity contribution in [1.82, 2.24) is 0 Å². The van der Waals surface area contributed by atoms with Crippen molar-refractivity contribution in [1.29, 1.82) is 0 Å². The number of thiophene rings is 1. The molecule has 2 aliphatic rings. The molecule has 26 rings (SSSR count). The molecule has 0 radical (unpaired) electrons. The van der Waals surface area contributed by atoms with Crippen molar-refractivity contribution in [3.05, 3.63) is 518 Å². The molecule has 6 heteroatoms. The van der Waals surface area contributed by atoms with Gasteiger partial charge in [-0.3, -0.25) is 0 Å². The lowest BCUT2D eigenvalue weighted by Gasteiger charge is -2.35. The Bertz CT molecular complexity index is 7880. The van der Waals surface area contributed by atoms with Gasteiger partial charge in [0.1, 0.15) is 33.5 Å². The van der Waals surface area contributed by atoms with Crippen molar-refractivity contribution in [3.63, 3.8) is 0 Å². The van der Waals surface area contributed by atoms with Gasteiger partial charge in [-0.25, -0.2) is 0 Å². The monoisotopic (exact) mass is 1650 g/mol.